The van der Waals surface area contributed by atoms with E-state index in [0.717, 1.165) is 5.56 Å². The van der Waals surface area contributed by atoms with Gasteiger partial charge < -0.3 is 0 Å². The fourth-order valence-corrected chi connectivity index (χ4v) is 2.91. The van der Waals surface area contributed by atoms with E-state index in [2.05, 4.69) is 39.9 Å². The summed E-state index contributed by atoms with van der Waals surface area (Å²) in [5, 5.41) is 0. The minimum Gasteiger partial charge on any atom is -0.0944 e. The second-order valence-corrected chi connectivity index (χ2v) is 5.74. The minimum atomic E-state index is 0.576. The summed E-state index contributed by atoms with van der Waals surface area (Å²) in [5.74, 6) is 7.30. The predicted octanol–water partition coefficient (Wildman–Crippen LogP) is 4.38. The molecule has 0 radical (unpaired) electrons. The third-order valence-electron chi connectivity index (χ3n) is 3.05. The quantitative estimate of drug-likeness (QED) is 0.375. The molecule has 2 rings (SSSR count). The SMILES string of the molecule is BrC1CCCCC(C#Cc2ccccc2)C1. The molecule has 1 aliphatic carbocycles. The largest absolute Gasteiger partial charge is 0.0944 e. The first-order valence-corrected chi connectivity index (χ1v) is 6.97. The van der Waals surface area contributed by atoms with Crippen LogP contribution in [0.2, 0.25) is 0 Å². The number of alkyl halides is 1. The summed E-state index contributed by atoms with van der Waals surface area (Å²) in [6, 6.07) is 10.3. The highest BCUT2D eigenvalue weighted by molar-refractivity contribution is 9.09. The maximum atomic E-state index is 3.74. The van der Waals surface area contributed by atoms with Gasteiger partial charge in [-0.25, -0.2) is 0 Å². The van der Waals surface area contributed by atoms with Crippen LogP contribution in [-0.4, -0.2) is 4.83 Å². The van der Waals surface area contributed by atoms with Crippen LogP contribution in [0.3, 0.4) is 0 Å². The van der Waals surface area contributed by atoms with Crippen molar-refractivity contribution in [2.24, 2.45) is 5.92 Å². The summed E-state index contributed by atoms with van der Waals surface area (Å²) in [4.78, 5) is 0.671. The smallest absolute Gasteiger partial charge is 0.0245 e. The molecule has 1 aromatic rings. The Kier molecular flexibility index (Phi) is 4.48. The Hall–Kier alpha value is -0.740. The second-order valence-electron chi connectivity index (χ2n) is 4.45. The normalized spacial score (nSPS) is 25.3. The van der Waals surface area contributed by atoms with Crippen LogP contribution in [-0.2, 0) is 0 Å². The summed E-state index contributed by atoms with van der Waals surface area (Å²) < 4.78 is 0. The number of benzene rings is 1. The van der Waals surface area contributed by atoms with E-state index in [1.54, 1.807) is 0 Å². The van der Waals surface area contributed by atoms with Gasteiger partial charge in [-0.15, -0.1) is 0 Å². The second kappa shape index (κ2) is 6.11. The highest BCUT2D eigenvalue weighted by atomic mass is 79.9. The lowest BCUT2D eigenvalue weighted by Crippen LogP contribution is -2.02. The molecule has 0 amide bonds. The molecule has 0 saturated heterocycles. The van der Waals surface area contributed by atoms with Crippen molar-refractivity contribution >= 4 is 15.9 Å². The highest BCUT2D eigenvalue weighted by Gasteiger charge is 2.15. The molecule has 0 spiro atoms. The maximum Gasteiger partial charge on any atom is 0.0245 e. The molecule has 0 heterocycles. The van der Waals surface area contributed by atoms with Crippen LogP contribution in [0.15, 0.2) is 30.3 Å². The van der Waals surface area contributed by atoms with E-state index in [1.807, 2.05) is 18.2 Å². The van der Waals surface area contributed by atoms with Crippen molar-refractivity contribution in [3.05, 3.63) is 35.9 Å². The highest BCUT2D eigenvalue weighted by Crippen LogP contribution is 2.27. The van der Waals surface area contributed by atoms with Crippen LogP contribution in [0, 0.1) is 17.8 Å². The molecule has 1 aromatic carbocycles. The van der Waals surface area contributed by atoms with Crippen LogP contribution in [0.25, 0.3) is 0 Å². The lowest BCUT2D eigenvalue weighted by Gasteiger charge is -2.08. The lowest BCUT2D eigenvalue weighted by molar-refractivity contribution is 0.585. The molecule has 1 fully saturated rings. The van der Waals surface area contributed by atoms with Gasteiger partial charge >= 0.3 is 0 Å². The Bertz CT molecular complexity index is 371. The number of rotatable bonds is 0. The first-order chi connectivity index (χ1) is 7.84. The molecular weight excluding hydrogens is 260 g/mol. The monoisotopic (exact) mass is 276 g/mol. The van der Waals surface area contributed by atoms with Gasteiger partial charge in [0, 0.05) is 16.3 Å². The van der Waals surface area contributed by atoms with Crippen LogP contribution >= 0.6 is 15.9 Å². The standard InChI is InChI=1S/C15H17Br/c16-15-9-5-4-8-14(12-15)11-10-13-6-2-1-3-7-13/h1-3,6-7,14-15H,4-5,8-9,12H2. The van der Waals surface area contributed by atoms with E-state index < -0.39 is 0 Å². The third kappa shape index (κ3) is 3.68. The van der Waals surface area contributed by atoms with Crippen LogP contribution in [0.1, 0.15) is 37.7 Å². The van der Waals surface area contributed by atoms with Crippen molar-refractivity contribution < 1.29 is 0 Å². The molecule has 2 unspecified atom stereocenters. The van der Waals surface area contributed by atoms with E-state index in [4.69, 9.17) is 0 Å². The van der Waals surface area contributed by atoms with Gasteiger partial charge in [-0.3, -0.25) is 0 Å². The summed E-state index contributed by atoms with van der Waals surface area (Å²) >= 11 is 3.74. The molecule has 0 aromatic heterocycles. The zero-order chi connectivity index (χ0) is 11.2. The van der Waals surface area contributed by atoms with E-state index in [9.17, 15) is 0 Å². The molecule has 1 aliphatic rings. The number of hydrogen-bond donors (Lipinski definition) is 0. The van der Waals surface area contributed by atoms with Gasteiger partial charge in [-0.2, -0.15) is 0 Å². The minimum absolute atomic E-state index is 0.576. The topological polar surface area (TPSA) is 0 Å². The van der Waals surface area contributed by atoms with Gasteiger partial charge in [0.1, 0.15) is 0 Å². The fraction of sp³-hybridized carbons (Fsp3) is 0.467. The average Bonchev–Trinajstić information content (AvgIpc) is 2.52. The molecule has 16 heavy (non-hydrogen) atoms. The molecule has 0 nitrogen and oxygen atoms in total. The molecule has 84 valence electrons. The van der Waals surface area contributed by atoms with Gasteiger partial charge in [0.15, 0.2) is 0 Å². The van der Waals surface area contributed by atoms with Crippen molar-refractivity contribution in [2.75, 3.05) is 0 Å². The summed E-state index contributed by atoms with van der Waals surface area (Å²) in [6.07, 6.45) is 6.46. The summed E-state index contributed by atoms with van der Waals surface area (Å²) in [5.41, 5.74) is 1.14. The third-order valence-corrected chi connectivity index (χ3v) is 3.89. The van der Waals surface area contributed by atoms with Crippen molar-refractivity contribution in [3.8, 4) is 11.8 Å². The van der Waals surface area contributed by atoms with Crippen molar-refractivity contribution in [1.82, 2.24) is 0 Å². The van der Waals surface area contributed by atoms with E-state index in [1.165, 1.54) is 32.1 Å². The molecule has 0 aliphatic heterocycles. The van der Waals surface area contributed by atoms with Gasteiger partial charge in [0.2, 0.25) is 0 Å². The fourth-order valence-electron chi connectivity index (χ4n) is 2.14. The molecule has 0 N–H and O–H groups in total. The Morgan fingerprint density at radius 3 is 2.62 bits per heavy atom. The molecular formula is C15H17Br. The first kappa shape index (κ1) is 11.7. The first-order valence-electron chi connectivity index (χ1n) is 6.05. The number of hydrogen-bond acceptors (Lipinski definition) is 0. The van der Waals surface area contributed by atoms with Gasteiger partial charge in [0.25, 0.3) is 0 Å². The van der Waals surface area contributed by atoms with Crippen LogP contribution < -0.4 is 0 Å². The number of halogens is 1. The van der Waals surface area contributed by atoms with Gasteiger partial charge in [0.05, 0.1) is 0 Å². The van der Waals surface area contributed by atoms with Crippen molar-refractivity contribution in [1.29, 1.82) is 0 Å². The van der Waals surface area contributed by atoms with Gasteiger partial charge in [-0.1, -0.05) is 58.8 Å². The Morgan fingerprint density at radius 1 is 1.06 bits per heavy atom. The Labute approximate surface area is 107 Å². The summed E-state index contributed by atoms with van der Waals surface area (Å²) in [6.45, 7) is 0. The van der Waals surface area contributed by atoms with Gasteiger partial charge in [-0.05, 0) is 31.4 Å². The molecule has 0 bridgehead atoms. The van der Waals surface area contributed by atoms with E-state index in [-0.39, 0.29) is 0 Å². The zero-order valence-corrected chi connectivity index (χ0v) is 11.0. The average molecular weight is 277 g/mol. The lowest BCUT2D eigenvalue weighted by atomic mass is 10.0. The maximum absolute atomic E-state index is 3.74. The van der Waals surface area contributed by atoms with E-state index in [0.29, 0.717) is 10.7 Å². The van der Waals surface area contributed by atoms with E-state index >= 15 is 0 Å². The molecule has 1 saturated carbocycles. The van der Waals surface area contributed by atoms with Crippen LogP contribution in [0.4, 0.5) is 0 Å². The van der Waals surface area contributed by atoms with Crippen molar-refractivity contribution in [3.63, 3.8) is 0 Å². The Balaban J connectivity index is 2.00. The molecule has 1 heteroatoms. The predicted molar refractivity (Wildman–Crippen MR) is 72.6 cm³/mol. The van der Waals surface area contributed by atoms with Crippen LogP contribution in [0.5, 0.6) is 0 Å². The Morgan fingerprint density at radius 2 is 1.81 bits per heavy atom. The zero-order valence-electron chi connectivity index (χ0n) is 9.45. The summed E-state index contributed by atoms with van der Waals surface area (Å²) in [7, 11) is 0. The van der Waals surface area contributed by atoms with Crippen molar-refractivity contribution in [2.45, 2.75) is 36.9 Å². The molecule has 2 atom stereocenters.